The maximum atomic E-state index is 13.6. The van der Waals surface area contributed by atoms with Crippen molar-refractivity contribution in [2.24, 2.45) is 5.92 Å². The largest absolute Gasteiger partial charge is 0.396 e. The van der Waals surface area contributed by atoms with E-state index >= 15 is 0 Å². The highest BCUT2D eigenvalue weighted by atomic mass is 19.1. The van der Waals surface area contributed by atoms with E-state index in [1.165, 1.54) is 6.07 Å². The van der Waals surface area contributed by atoms with E-state index in [0.717, 1.165) is 37.2 Å². The van der Waals surface area contributed by atoms with Crippen LogP contribution in [0, 0.1) is 11.7 Å². The Balaban J connectivity index is 2.17. The maximum Gasteiger partial charge on any atom is 0.123 e. The molecule has 1 aromatic carbocycles. The molecule has 0 aliphatic carbocycles. The molecule has 1 aliphatic rings. The predicted octanol–water partition coefficient (Wildman–Crippen LogP) is 2.92. The van der Waals surface area contributed by atoms with Crippen molar-refractivity contribution in [3.8, 4) is 0 Å². The van der Waals surface area contributed by atoms with Crippen LogP contribution < -0.4 is 10.2 Å². The predicted molar refractivity (Wildman–Crippen MR) is 85.0 cm³/mol. The second-order valence-electron chi connectivity index (χ2n) is 7.01. The molecule has 1 aromatic rings. The fourth-order valence-corrected chi connectivity index (χ4v) is 2.80. The first-order valence-electron chi connectivity index (χ1n) is 7.78. The number of halogens is 1. The van der Waals surface area contributed by atoms with Gasteiger partial charge in [0, 0.05) is 37.5 Å². The monoisotopic (exact) mass is 294 g/mol. The Morgan fingerprint density at radius 1 is 1.38 bits per heavy atom. The highest BCUT2D eigenvalue weighted by molar-refractivity contribution is 5.54. The molecule has 21 heavy (non-hydrogen) atoms. The number of nitrogens with zero attached hydrogens (tertiary/aromatic N) is 1. The molecule has 1 aliphatic heterocycles. The van der Waals surface area contributed by atoms with Crippen molar-refractivity contribution in [1.29, 1.82) is 0 Å². The number of rotatable bonds is 4. The van der Waals surface area contributed by atoms with E-state index in [4.69, 9.17) is 0 Å². The van der Waals surface area contributed by atoms with Gasteiger partial charge in [-0.25, -0.2) is 4.39 Å². The van der Waals surface area contributed by atoms with Crippen LogP contribution in [0.15, 0.2) is 18.2 Å². The molecule has 0 bridgehead atoms. The molecule has 1 atom stereocenters. The van der Waals surface area contributed by atoms with Crippen LogP contribution in [-0.2, 0) is 6.54 Å². The summed E-state index contributed by atoms with van der Waals surface area (Å²) in [6.07, 6.45) is 2.15. The third-order valence-corrected chi connectivity index (χ3v) is 3.97. The number of aliphatic hydroxyl groups excluding tert-OH is 1. The quantitative estimate of drug-likeness (QED) is 0.896. The summed E-state index contributed by atoms with van der Waals surface area (Å²) in [6, 6.07) is 5.02. The van der Waals surface area contributed by atoms with Crippen molar-refractivity contribution in [2.45, 2.75) is 45.7 Å². The normalized spacial score (nSPS) is 19.9. The van der Waals surface area contributed by atoms with Crippen LogP contribution in [0.4, 0.5) is 10.1 Å². The van der Waals surface area contributed by atoms with Crippen LogP contribution in [0.2, 0.25) is 0 Å². The second kappa shape index (κ2) is 6.75. The molecule has 1 saturated heterocycles. The number of anilines is 1. The van der Waals surface area contributed by atoms with Crippen molar-refractivity contribution in [1.82, 2.24) is 5.32 Å². The molecule has 1 heterocycles. The van der Waals surface area contributed by atoms with Crippen LogP contribution in [0.25, 0.3) is 0 Å². The van der Waals surface area contributed by atoms with E-state index in [2.05, 4.69) is 31.0 Å². The molecular formula is C17H27FN2O. The first-order chi connectivity index (χ1) is 9.89. The Kier molecular flexibility index (Phi) is 5.22. The SMILES string of the molecule is CC(C)(C)NCc1cc(F)ccc1N1CCCC(CO)C1. The summed E-state index contributed by atoms with van der Waals surface area (Å²) in [5, 5.41) is 12.8. The smallest absolute Gasteiger partial charge is 0.123 e. The Labute approximate surface area is 127 Å². The van der Waals surface area contributed by atoms with Gasteiger partial charge in [-0.3, -0.25) is 0 Å². The molecule has 0 spiro atoms. The average molecular weight is 294 g/mol. The van der Waals surface area contributed by atoms with Crippen LogP contribution >= 0.6 is 0 Å². The standard InChI is InChI=1S/C17H27FN2O/c1-17(2,3)19-10-14-9-15(18)6-7-16(14)20-8-4-5-13(11-20)12-21/h6-7,9,13,19,21H,4-5,8,10-12H2,1-3H3. The van der Waals surface area contributed by atoms with Gasteiger partial charge in [-0.2, -0.15) is 0 Å². The average Bonchev–Trinajstić information content (AvgIpc) is 2.44. The minimum Gasteiger partial charge on any atom is -0.396 e. The lowest BCUT2D eigenvalue weighted by Crippen LogP contribution is -2.39. The van der Waals surface area contributed by atoms with E-state index in [0.29, 0.717) is 12.5 Å². The summed E-state index contributed by atoms with van der Waals surface area (Å²) < 4.78 is 13.6. The fourth-order valence-electron chi connectivity index (χ4n) is 2.80. The van der Waals surface area contributed by atoms with Crippen LogP contribution in [0.1, 0.15) is 39.2 Å². The van der Waals surface area contributed by atoms with E-state index in [1.54, 1.807) is 6.07 Å². The number of hydrogen-bond donors (Lipinski definition) is 2. The van der Waals surface area contributed by atoms with Crippen molar-refractivity contribution >= 4 is 5.69 Å². The topological polar surface area (TPSA) is 35.5 Å². The Morgan fingerprint density at radius 3 is 2.81 bits per heavy atom. The first-order valence-corrected chi connectivity index (χ1v) is 7.78. The first kappa shape index (κ1) is 16.2. The lowest BCUT2D eigenvalue weighted by Gasteiger charge is -2.35. The van der Waals surface area contributed by atoms with Crippen LogP contribution in [-0.4, -0.2) is 30.3 Å². The summed E-state index contributed by atoms with van der Waals surface area (Å²) in [5.41, 5.74) is 2.08. The van der Waals surface area contributed by atoms with Crippen LogP contribution in [0.5, 0.6) is 0 Å². The van der Waals surface area contributed by atoms with Gasteiger partial charge in [-0.05, 0) is 63.3 Å². The summed E-state index contributed by atoms with van der Waals surface area (Å²) in [4.78, 5) is 2.28. The van der Waals surface area contributed by atoms with E-state index in [9.17, 15) is 9.50 Å². The zero-order valence-corrected chi connectivity index (χ0v) is 13.3. The van der Waals surface area contributed by atoms with E-state index in [-0.39, 0.29) is 18.0 Å². The molecule has 118 valence electrons. The Hall–Kier alpha value is -1.13. The summed E-state index contributed by atoms with van der Waals surface area (Å²) in [6.45, 7) is 9.03. The molecular weight excluding hydrogens is 267 g/mol. The molecule has 4 heteroatoms. The number of nitrogens with one attached hydrogen (secondary N) is 1. The minimum absolute atomic E-state index is 0.000873. The molecule has 2 rings (SSSR count). The fraction of sp³-hybridized carbons (Fsp3) is 0.647. The van der Waals surface area contributed by atoms with Gasteiger partial charge in [0.1, 0.15) is 5.82 Å². The molecule has 0 radical (unpaired) electrons. The third-order valence-electron chi connectivity index (χ3n) is 3.97. The lowest BCUT2D eigenvalue weighted by molar-refractivity contribution is 0.208. The van der Waals surface area contributed by atoms with Gasteiger partial charge in [0.25, 0.3) is 0 Å². The van der Waals surface area contributed by atoms with Crippen molar-refractivity contribution in [3.63, 3.8) is 0 Å². The number of aliphatic hydroxyl groups is 1. The lowest BCUT2D eigenvalue weighted by atomic mass is 9.97. The van der Waals surface area contributed by atoms with Gasteiger partial charge in [-0.1, -0.05) is 0 Å². The zero-order chi connectivity index (χ0) is 15.5. The van der Waals surface area contributed by atoms with Gasteiger partial charge in [0.15, 0.2) is 0 Å². The summed E-state index contributed by atoms with van der Waals surface area (Å²) >= 11 is 0. The molecule has 1 fully saturated rings. The Morgan fingerprint density at radius 2 is 2.14 bits per heavy atom. The molecule has 3 nitrogen and oxygen atoms in total. The minimum atomic E-state index is -0.194. The highest BCUT2D eigenvalue weighted by Gasteiger charge is 2.22. The van der Waals surface area contributed by atoms with Crippen molar-refractivity contribution < 1.29 is 9.50 Å². The summed E-state index contributed by atoms with van der Waals surface area (Å²) in [5.74, 6) is 0.132. The van der Waals surface area contributed by atoms with Gasteiger partial charge in [0.05, 0.1) is 0 Å². The van der Waals surface area contributed by atoms with Gasteiger partial charge in [0.2, 0.25) is 0 Å². The van der Waals surface area contributed by atoms with Gasteiger partial charge >= 0.3 is 0 Å². The van der Waals surface area contributed by atoms with Gasteiger partial charge < -0.3 is 15.3 Å². The molecule has 2 N–H and O–H groups in total. The molecule has 0 aromatic heterocycles. The number of benzene rings is 1. The van der Waals surface area contributed by atoms with Crippen molar-refractivity contribution in [3.05, 3.63) is 29.6 Å². The van der Waals surface area contributed by atoms with E-state index < -0.39 is 0 Å². The zero-order valence-electron chi connectivity index (χ0n) is 13.3. The second-order valence-corrected chi connectivity index (χ2v) is 7.01. The molecule has 1 unspecified atom stereocenters. The third kappa shape index (κ3) is 4.68. The van der Waals surface area contributed by atoms with Gasteiger partial charge in [-0.15, -0.1) is 0 Å². The van der Waals surface area contributed by atoms with Crippen molar-refractivity contribution in [2.75, 3.05) is 24.6 Å². The molecule has 0 saturated carbocycles. The maximum absolute atomic E-state index is 13.6. The van der Waals surface area contributed by atoms with E-state index in [1.807, 2.05) is 6.07 Å². The number of hydrogen-bond acceptors (Lipinski definition) is 3. The Bertz CT molecular complexity index is 470. The molecule has 0 amide bonds. The van der Waals surface area contributed by atoms with Crippen LogP contribution in [0.3, 0.4) is 0 Å². The number of piperidine rings is 1. The summed E-state index contributed by atoms with van der Waals surface area (Å²) in [7, 11) is 0. The highest BCUT2D eigenvalue weighted by Crippen LogP contribution is 2.27.